The molecule has 1 amide bonds. The van der Waals surface area contributed by atoms with Crippen molar-refractivity contribution in [3.8, 4) is 0 Å². The van der Waals surface area contributed by atoms with Gasteiger partial charge in [0.1, 0.15) is 11.9 Å². The number of carbonyl (C=O) groups excluding carboxylic acids is 1. The summed E-state index contributed by atoms with van der Waals surface area (Å²) in [6.45, 7) is 4.14. The number of amides is 1. The van der Waals surface area contributed by atoms with Crippen LogP contribution >= 0.6 is 0 Å². The molecule has 1 aromatic heterocycles. The number of carbonyl (C=O) groups is 1. The number of hydrogen-bond donors (Lipinski definition) is 2. The van der Waals surface area contributed by atoms with Crippen LogP contribution in [0.5, 0.6) is 0 Å². The minimum absolute atomic E-state index is 0.00663. The van der Waals surface area contributed by atoms with Gasteiger partial charge in [-0.25, -0.2) is 0 Å². The lowest BCUT2D eigenvalue weighted by molar-refractivity contribution is -0.128. The number of likely N-dealkylation sites (tertiary alicyclic amines) is 1. The summed E-state index contributed by atoms with van der Waals surface area (Å²) < 4.78 is 5.10. The van der Waals surface area contributed by atoms with Crippen molar-refractivity contribution < 1.29 is 14.3 Å². The molecule has 1 fully saturated rings. The fraction of sp³-hybridized carbons (Fsp3) is 0.643. The van der Waals surface area contributed by atoms with Crippen LogP contribution in [0.2, 0.25) is 0 Å². The molecule has 2 heterocycles. The van der Waals surface area contributed by atoms with E-state index in [2.05, 4.69) is 17.1 Å². The van der Waals surface area contributed by atoms with E-state index in [-0.39, 0.29) is 18.5 Å². The van der Waals surface area contributed by atoms with Gasteiger partial charge in [0.2, 0.25) is 5.91 Å². The minimum atomic E-state index is -0.780. The van der Waals surface area contributed by atoms with E-state index in [1.807, 2.05) is 0 Å². The zero-order valence-electron chi connectivity index (χ0n) is 11.3. The van der Waals surface area contributed by atoms with Crippen LogP contribution in [0.15, 0.2) is 22.8 Å². The number of aliphatic hydroxyl groups excluding tert-OH is 1. The van der Waals surface area contributed by atoms with Crippen LogP contribution in [0.3, 0.4) is 0 Å². The van der Waals surface area contributed by atoms with Crippen LogP contribution in [0.1, 0.15) is 38.1 Å². The Kier molecular flexibility index (Phi) is 4.99. The highest BCUT2D eigenvalue weighted by molar-refractivity contribution is 5.81. The molecule has 0 aromatic carbocycles. The summed E-state index contributed by atoms with van der Waals surface area (Å²) in [5, 5.41) is 12.7. The maximum Gasteiger partial charge on any atom is 0.237 e. The van der Waals surface area contributed by atoms with Crippen LogP contribution in [0.25, 0.3) is 0 Å². The van der Waals surface area contributed by atoms with Gasteiger partial charge in [0.05, 0.1) is 18.8 Å². The molecule has 19 heavy (non-hydrogen) atoms. The maximum absolute atomic E-state index is 12.1. The van der Waals surface area contributed by atoms with Crippen LogP contribution in [0, 0.1) is 0 Å². The van der Waals surface area contributed by atoms with E-state index in [9.17, 15) is 9.90 Å². The number of nitrogens with one attached hydrogen (secondary N) is 1. The van der Waals surface area contributed by atoms with Crippen molar-refractivity contribution in [1.82, 2.24) is 10.2 Å². The summed E-state index contributed by atoms with van der Waals surface area (Å²) in [7, 11) is 0. The number of nitrogens with zero attached hydrogens (tertiary/aromatic N) is 1. The summed E-state index contributed by atoms with van der Waals surface area (Å²) in [5.74, 6) is 0.489. The van der Waals surface area contributed by atoms with Crippen molar-refractivity contribution in [2.24, 2.45) is 0 Å². The normalized spacial score (nSPS) is 22.1. The van der Waals surface area contributed by atoms with Crippen molar-refractivity contribution in [1.29, 1.82) is 0 Å². The van der Waals surface area contributed by atoms with Gasteiger partial charge in [-0.2, -0.15) is 0 Å². The van der Waals surface area contributed by atoms with Gasteiger partial charge in [0.15, 0.2) is 0 Å². The summed E-state index contributed by atoms with van der Waals surface area (Å²) in [4.78, 5) is 14.3. The van der Waals surface area contributed by atoms with Gasteiger partial charge in [0, 0.05) is 0 Å². The van der Waals surface area contributed by atoms with Gasteiger partial charge < -0.3 is 14.8 Å². The van der Waals surface area contributed by atoms with E-state index in [0.717, 1.165) is 32.4 Å². The monoisotopic (exact) mass is 266 g/mol. The third-order valence-electron chi connectivity index (χ3n) is 3.66. The van der Waals surface area contributed by atoms with E-state index >= 15 is 0 Å². The van der Waals surface area contributed by atoms with Gasteiger partial charge in [-0.3, -0.25) is 9.69 Å². The van der Waals surface area contributed by atoms with Crippen LogP contribution in [0.4, 0.5) is 0 Å². The second-order valence-electron chi connectivity index (χ2n) is 4.92. The largest absolute Gasteiger partial charge is 0.467 e. The minimum Gasteiger partial charge on any atom is -0.467 e. The summed E-state index contributed by atoms with van der Waals surface area (Å²) >= 11 is 0. The van der Waals surface area contributed by atoms with Gasteiger partial charge in [-0.05, 0) is 38.1 Å². The molecular formula is C14H22N2O3. The fourth-order valence-electron chi connectivity index (χ4n) is 2.56. The number of likely N-dealkylation sites (N-methyl/N-ethyl adjacent to an activating group) is 1. The second kappa shape index (κ2) is 6.73. The zero-order valence-corrected chi connectivity index (χ0v) is 11.3. The Balaban J connectivity index is 1.83. The molecule has 1 aliphatic rings. The summed E-state index contributed by atoms with van der Waals surface area (Å²) in [5.41, 5.74) is 0. The molecular weight excluding hydrogens is 244 g/mol. The number of furan rings is 1. The molecule has 1 aliphatic heterocycles. The molecule has 0 bridgehead atoms. The number of aliphatic hydroxyl groups is 1. The molecule has 2 N–H and O–H groups in total. The van der Waals surface area contributed by atoms with Crippen molar-refractivity contribution in [2.45, 2.75) is 38.3 Å². The molecule has 0 radical (unpaired) electrons. The van der Waals surface area contributed by atoms with Gasteiger partial charge in [-0.15, -0.1) is 0 Å². The highest BCUT2D eigenvalue weighted by atomic mass is 16.4. The molecule has 1 aromatic rings. The van der Waals surface area contributed by atoms with Crippen molar-refractivity contribution in [2.75, 3.05) is 19.6 Å². The van der Waals surface area contributed by atoms with E-state index in [0.29, 0.717) is 5.76 Å². The zero-order chi connectivity index (χ0) is 13.7. The van der Waals surface area contributed by atoms with E-state index in [4.69, 9.17) is 4.42 Å². The van der Waals surface area contributed by atoms with Crippen molar-refractivity contribution in [3.63, 3.8) is 0 Å². The lowest BCUT2D eigenvalue weighted by Gasteiger charge is -2.33. The first kappa shape index (κ1) is 14.1. The predicted molar refractivity (Wildman–Crippen MR) is 71.6 cm³/mol. The molecule has 5 heteroatoms. The SMILES string of the molecule is CCN1CCCCC1C(=O)NCC(O)c1ccco1. The van der Waals surface area contributed by atoms with Crippen LogP contribution < -0.4 is 5.32 Å². The quantitative estimate of drug-likeness (QED) is 0.843. The predicted octanol–water partition coefficient (Wildman–Crippen LogP) is 1.30. The fourth-order valence-corrected chi connectivity index (χ4v) is 2.56. The lowest BCUT2D eigenvalue weighted by Crippen LogP contribution is -2.49. The van der Waals surface area contributed by atoms with E-state index < -0.39 is 6.10 Å². The number of piperidine rings is 1. The first-order chi connectivity index (χ1) is 9.22. The van der Waals surface area contributed by atoms with Crippen molar-refractivity contribution in [3.05, 3.63) is 24.2 Å². The number of hydrogen-bond acceptors (Lipinski definition) is 4. The smallest absolute Gasteiger partial charge is 0.237 e. The Morgan fingerprint density at radius 2 is 2.47 bits per heavy atom. The van der Waals surface area contributed by atoms with Gasteiger partial charge in [-0.1, -0.05) is 13.3 Å². The molecule has 2 atom stereocenters. The Labute approximate surface area is 113 Å². The first-order valence-corrected chi connectivity index (χ1v) is 6.95. The Bertz CT molecular complexity index is 391. The molecule has 5 nitrogen and oxygen atoms in total. The molecule has 0 spiro atoms. The molecule has 1 saturated heterocycles. The molecule has 0 saturated carbocycles. The third kappa shape index (κ3) is 3.58. The van der Waals surface area contributed by atoms with Gasteiger partial charge >= 0.3 is 0 Å². The second-order valence-corrected chi connectivity index (χ2v) is 4.92. The standard InChI is InChI=1S/C14H22N2O3/c1-2-16-8-4-3-6-11(16)14(18)15-10-12(17)13-7-5-9-19-13/h5,7,9,11-12,17H,2-4,6,8,10H2,1H3,(H,15,18). The van der Waals surface area contributed by atoms with Crippen LogP contribution in [-0.2, 0) is 4.79 Å². The molecule has 2 rings (SSSR count). The molecule has 106 valence electrons. The van der Waals surface area contributed by atoms with E-state index in [1.54, 1.807) is 12.1 Å². The lowest BCUT2D eigenvalue weighted by atomic mass is 10.0. The first-order valence-electron chi connectivity index (χ1n) is 6.95. The maximum atomic E-state index is 12.1. The Morgan fingerprint density at radius 1 is 1.63 bits per heavy atom. The highest BCUT2D eigenvalue weighted by Gasteiger charge is 2.27. The Morgan fingerprint density at radius 3 is 3.16 bits per heavy atom. The van der Waals surface area contributed by atoms with Crippen LogP contribution in [-0.4, -0.2) is 41.6 Å². The average molecular weight is 266 g/mol. The average Bonchev–Trinajstić information content (AvgIpc) is 2.98. The molecule has 2 unspecified atom stereocenters. The van der Waals surface area contributed by atoms with E-state index in [1.165, 1.54) is 6.26 Å². The highest BCUT2D eigenvalue weighted by Crippen LogP contribution is 2.17. The Hall–Kier alpha value is -1.33. The molecule has 0 aliphatic carbocycles. The van der Waals surface area contributed by atoms with Gasteiger partial charge in [0.25, 0.3) is 0 Å². The number of rotatable bonds is 5. The summed E-state index contributed by atoms with van der Waals surface area (Å²) in [6.07, 6.45) is 3.89. The van der Waals surface area contributed by atoms with Crippen molar-refractivity contribution >= 4 is 5.91 Å². The topological polar surface area (TPSA) is 65.7 Å². The summed E-state index contributed by atoms with van der Waals surface area (Å²) in [6, 6.07) is 3.37. The third-order valence-corrected chi connectivity index (χ3v) is 3.66.